The number of hydrogen-bond acceptors (Lipinski definition) is 4. The first-order valence-electron chi connectivity index (χ1n) is 6.28. The van der Waals surface area contributed by atoms with Crippen LogP contribution in [0, 0.1) is 11.3 Å². The van der Waals surface area contributed by atoms with Crippen molar-refractivity contribution < 1.29 is 14.4 Å². The molecule has 5 heteroatoms. The summed E-state index contributed by atoms with van der Waals surface area (Å²) in [7, 11) is 0. The molecule has 0 heterocycles. The summed E-state index contributed by atoms with van der Waals surface area (Å²) in [6.07, 6.45) is -0.411. The number of nitrogens with two attached hydrogens (primary N) is 1. The highest BCUT2D eigenvalue weighted by molar-refractivity contribution is 5.68. The molecular weight excluding hydrogens is 232 g/mol. The van der Waals surface area contributed by atoms with Crippen molar-refractivity contribution in [2.24, 2.45) is 17.2 Å². The molecule has 0 rings (SSSR count). The van der Waals surface area contributed by atoms with Crippen LogP contribution in [0.2, 0.25) is 0 Å². The number of amides is 1. The van der Waals surface area contributed by atoms with Crippen LogP contribution < -0.4 is 11.2 Å². The van der Waals surface area contributed by atoms with E-state index in [0.29, 0.717) is 6.61 Å². The van der Waals surface area contributed by atoms with E-state index in [1.54, 1.807) is 0 Å². The molecular formula is C13H28N2O3. The Morgan fingerprint density at radius 1 is 1.22 bits per heavy atom. The van der Waals surface area contributed by atoms with E-state index in [-0.39, 0.29) is 17.4 Å². The van der Waals surface area contributed by atoms with Crippen LogP contribution in [-0.2, 0) is 9.57 Å². The Labute approximate surface area is 110 Å². The maximum absolute atomic E-state index is 11.8. The van der Waals surface area contributed by atoms with Gasteiger partial charge in [-0.05, 0) is 26.2 Å². The Morgan fingerprint density at radius 3 is 2.06 bits per heavy atom. The van der Waals surface area contributed by atoms with E-state index in [4.69, 9.17) is 10.6 Å². The fraction of sp³-hybridized carbons (Fsp3) is 0.923. The predicted octanol–water partition coefficient (Wildman–Crippen LogP) is 2.45. The van der Waals surface area contributed by atoms with Crippen LogP contribution in [-0.4, -0.2) is 24.3 Å². The molecule has 0 radical (unpaired) electrons. The van der Waals surface area contributed by atoms with Gasteiger partial charge in [-0.2, -0.15) is 0 Å². The highest BCUT2D eigenvalue weighted by Gasteiger charge is 2.32. The fourth-order valence-corrected chi connectivity index (χ4v) is 1.89. The molecule has 2 unspecified atom stereocenters. The summed E-state index contributed by atoms with van der Waals surface area (Å²) in [6, 6.07) is -0.0732. The van der Waals surface area contributed by atoms with Crippen LogP contribution in [0.15, 0.2) is 0 Å². The first-order chi connectivity index (χ1) is 7.97. The largest absolute Gasteiger partial charge is 0.444 e. The van der Waals surface area contributed by atoms with Gasteiger partial charge in [0.1, 0.15) is 5.60 Å². The minimum atomic E-state index is -0.500. The third kappa shape index (κ3) is 6.81. The molecule has 0 aromatic carbocycles. The molecule has 0 bridgehead atoms. The summed E-state index contributed by atoms with van der Waals surface area (Å²) in [5, 5.41) is 2.90. The van der Waals surface area contributed by atoms with E-state index in [1.165, 1.54) is 0 Å². The summed E-state index contributed by atoms with van der Waals surface area (Å²) < 4.78 is 5.27. The number of rotatable bonds is 4. The van der Waals surface area contributed by atoms with E-state index in [1.807, 2.05) is 27.7 Å². The zero-order valence-electron chi connectivity index (χ0n) is 12.7. The lowest BCUT2D eigenvalue weighted by molar-refractivity contribution is 0.0328. The Morgan fingerprint density at radius 2 is 1.72 bits per heavy atom. The molecule has 0 aliphatic rings. The maximum atomic E-state index is 11.8. The monoisotopic (exact) mass is 260 g/mol. The van der Waals surface area contributed by atoms with Crippen molar-refractivity contribution in [1.29, 1.82) is 0 Å². The number of hydrogen-bond donors (Lipinski definition) is 2. The minimum absolute atomic E-state index is 0.0732. The van der Waals surface area contributed by atoms with Crippen molar-refractivity contribution in [1.82, 2.24) is 5.32 Å². The molecule has 1 amide bonds. The van der Waals surface area contributed by atoms with Gasteiger partial charge in [0.25, 0.3) is 0 Å². The van der Waals surface area contributed by atoms with Crippen molar-refractivity contribution in [3.05, 3.63) is 0 Å². The van der Waals surface area contributed by atoms with Gasteiger partial charge in [-0.25, -0.2) is 10.7 Å². The van der Waals surface area contributed by atoms with E-state index >= 15 is 0 Å². The van der Waals surface area contributed by atoms with Crippen LogP contribution in [0.5, 0.6) is 0 Å². The average molecular weight is 260 g/mol. The van der Waals surface area contributed by atoms with Gasteiger partial charge in [-0.1, -0.05) is 27.7 Å². The number of carbonyl (C=O) groups is 1. The second-order valence-corrected chi connectivity index (χ2v) is 6.80. The molecule has 3 N–H and O–H groups in total. The van der Waals surface area contributed by atoms with E-state index in [2.05, 4.69) is 30.9 Å². The molecule has 5 nitrogen and oxygen atoms in total. The molecule has 0 aromatic rings. The third-order valence-electron chi connectivity index (χ3n) is 2.53. The number of alkyl carbamates (subject to hydrolysis) is 1. The molecule has 2 atom stereocenters. The SMILES string of the molecule is CC(CON)C(NC(=O)OC(C)(C)C)C(C)(C)C. The van der Waals surface area contributed by atoms with E-state index in [0.717, 1.165) is 0 Å². The number of carbonyl (C=O) groups excluding carboxylic acids is 1. The van der Waals surface area contributed by atoms with E-state index in [9.17, 15) is 4.79 Å². The average Bonchev–Trinajstić information content (AvgIpc) is 2.09. The van der Waals surface area contributed by atoms with Crippen molar-refractivity contribution in [3.8, 4) is 0 Å². The van der Waals surface area contributed by atoms with Gasteiger partial charge in [0.2, 0.25) is 0 Å². The van der Waals surface area contributed by atoms with Gasteiger partial charge in [-0.15, -0.1) is 0 Å². The molecule has 0 spiro atoms. The molecule has 0 saturated carbocycles. The summed E-state index contributed by atoms with van der Waals surface area (Å²) in [5.41, 5.74) is -0.602. The van der Waals surface area contributed by atoms with Crippen LogP contribution in [0.1, 0.15) is 48.5 Å². The zero-order valence-corrected chi connectivity index (χ0v) is 12.7. The number of nitrogens with one attached hydrogen (secondary N) is 1. The maximum Gasteiger partial charge on any atom is 0.407 e. The van der Waals surface area contributed by atoms with Crippen molar-refractivity contribution >= 4 is 6.09 Å². The quantitative estimate of drug-likeness (QED) is 0.761. The van der Waals surface area contributed by atoms with E-state index < -0.39 is 11.7 Å². The van der Waals surface area contributed by atoms with Crippen LogP contribution in [0.4, 0.5) is 4.79 Å². The smallest absolute Gasteiger partial charge is 0.407 e. The second-order valence-electron chi connectivity index (χ2n) is 6.80. The lowest BCUT2D eigenvalue weighted by atomic mass is 9.80. The van der Waals surface area contributed by atoms with Gasteiger partial charge in [0.15, 0.2) is 0 Å². The third-order valence-corrected chi connectivity index (χ3v) is 2.53. The van der Waals surface area contributed by atoms with Gasteiger partial charge in [0.05, 0.1) is 6.61 Å². The van der Waals surface area contributed by atoms with Gasteiger partial charge in [0, 0.05) is 12.0 Å². The standard InChI is InChI=1S/C13H28N2O3/c1-9(8-17-14)10(12(2,3)4)15-11(16)18-13(5,6)7/h9-10H,8,14H2,1-7H3,(H,15,16). The Bertz CT molecular complexity index is 266. The highest BCUT2D eigenvalue weighted by Crippen LogP contribution is 2.25. The molecule has 0 aliphatic carbocycles. The van der Waals surface area contributed by atoms with Gasteiger partial charge in [-0.3, -0.25) is 0 Å². The minimum Gasteiger partial charge on any atom is -0.444 e. The molecule has 108 valence electrons. The Balaban J connectivity index is 4.66. The first kappa shape index (κ1) is 17.2. The zero-order chi connectivity index (χ0) is 14.6. The Kier molecular flexibility index (Phi) is 6.10. The summed E-state index contributed by atoms with van der Waals surface area (Å²) >= 11 is 0. The van der Waals surface area contributed by atoms with Crippen LogP contribution >= 0.6 is 0 Å². The second kappa shape index (κ2) is 6.38. The topological polar surface area (TPSA) is 73.6 Å². The fourth-order valence-electron chi connectivity index (χ4n) is 1.89. The van der Waals surface area contributed by atoms with Crippen molar-refractivity contribution in [2.45, 2.75) is 60.1 Å². The van der Waals surface area contributed by atoms with Gasteiger partial charge < -0.3 is 14.9 Å². The normalized spacial score (nSPS) is 16.0. The lowest BCUT2D eigenvalue weighted by Gasteiger charge is -2.36. The number of ether oxygens (including phenoxy) is 1. The molecule has 0 aromatic heterocycles. The lowest BCUT2D eigenvalue weighted by Crippen LogP contribution is -2.50. The predicted molar refractivity (Wildman–Crippen MR) is 71.9 cm³/mol. The molecule has 0 fully saturated rings. The van der Waals surface area contributed by atoms with Crippen LogP contribution in [0.25, 0.3) is 0 Å². The van der Waals surface area contributed by atoms with Crippen molar-refractivity contribution in [2.75, 3.05) is 6.61 Å². The Hall–Kier alpha value is -0.810. The molecule has 0 aliphatic heterocycles. The van der Waals surface area contributed by atoms with Crippen molar-refractivity contribution in [3.63, 3.8) is 0 Å². The van der Waals surface area contributed by atoms with Gasteiger partial charge >= 0.3 is 6.09 Å². The molecule has 18 heavy (non-hydrogen) atoms. The summed E-state index contributed by atoms with van der Waals surface area (Å²) in [4.78, 5) is 16.5. The highest BCUT2D eigenvalue weighted by atomic mass is 16.6. The van der Waals surface area contributed by atoms with Crippen LogP contribution in [0.3, 0.4) is 0 Å². The summed E-state index contributed by atoms with van der Waals surface area (Å²) in [5.74, 6) is 5.20. The first-order valence-corrected chi connectivity index (χ1v) is 6.28. The molecule has 0 saturated heterocycles. The summed E-state index contributed by atoms with van der Waals surface area (Å²) in [6.45, 7) is 14.1.